The SMILES string of the molecule is COCCN(CCN)C(=O)Nc1ccccc1F. The van der Waals surface area contributed by atoms with Crippen LogP contribution in [0.25, 0.3) is 0 Å². The molecule has 6 heteroatoms. The van der Waals surface area contributed by atoms with Crippen LogP contribution in [-0.2, 0) is 4.74 Å². The van der Waals surface area contributed by atoms with E-state index >= 15 is 0 Å². The topological polar surface area (TPSA) is 67.6 Å². The molecule has 2 amide bonds. The summed E-state index contributed by atoms with van der Waals surface area (Å²) in [5.74, 6) is -0.467. The molecule has 0 aliphatic heterocycles. The number of carbonyl (C=O) groups excluding carboxylic acids is 1. The van der Waals surface area contributed by atoms with Crippen molar-refractivity contribution in [2.45, 2.75) is 0 Å². The summed E-state index contributed by atoms with van der Waals surface area (Å²) >= 11 is 0. The molecule has 1 aromatic carbocycles. The third-order valence-corrected chi connectivity index (χ3v) is 2.37. The zero-order valence-electron chi connectivity index (χ0n) is 10.4. The lowest BCUT2D eigenvalue weighted by atomic mass is 10.3. The van der Waals surface area contributed by atoms with E-state index in [2.05, 4.69) is 5.32 Å². The summed E-state index contributed by atoms with van der Waals surface area (Å²) in [6, 6.07) is 5.62. The van der Waals surface area contributed by atoms with Crippen LogP contribution < -0.4 is 11.1 Å². The van der Waals surface area contributed by atoms with Crippen molar-refractivity contribution < 1.29 is 13.9 Å². The molecule has 1 aromatic rings. The first-order valence-corrected chi connectivity index (χ1v) is 5.68. The first-order chi connectivity index (χ1) is 8.69. The number of methoxy groups -OCH3 is 1. The van der Waals surface area contributed by atoms with Gasteiger partial charge in [0.25, 0.3) is 0 Å². The van der Waals surface area contributed by atoms with Crippen LogP contribution in [0.4, 0.5) is 14.9 Å². The van der Waals surface area contributed by atoms with Crippen LogP contribution in [0.15, 0.2) is 24.3 Å². The minimum Gasteiger partial charge on any atom is -0.383 e. The number of halogens is 1. The molecule has 3 N–H and O–H groups in total. The van der Waals surface area contributed by atoms with Gasteiger partial charge in [-0.15, -0.1) is 0 Å². The maximum Gasteiger partial charge on any atom is 0.322 e. The highest BCUT2D eigenvalue weighted by molar-refractivity contribution is 5.89. The Morgan fingerprint density at radius 1 is 1.44 bits per heavy atom. The number of ether oxygens (including phenoxy) is 1. The van der Waals surface area contributed by atoms with E-state index in [1.54, 1.807) is 19.2 Å². The molecule has 100 valence electrons. The van der Waals surface area contributed by atoms with Crippen LogP contribution in [0.5, 0.6) is 0 Å². The highest BCUT2D eigenvalue weighted by Crippen LogP contribution is 2.12. The van der Waals surface area contributed by atoms with Crippen molar-refractivity contribution in [2.75, 3.05) is 38.7 Å². The van der Waals surface area contributed by atoms with Crippen molar-refractivity contribution in [1.82, 2.24) is 4.90 Å². The molecule has 0 spiro atoms. The number of benzene rings is 1. The molecule has 0 saturated carbocycles. The molecule has 0 atom stereocenters. The Balaban J connectivity index is 2.63. The predicted octanol–water partition coefficient (Wildman–Crippen LogP) is 1.26. The van der Waals surface area contributed by atoms with Gasteiger partial charge in [0.15, 0.2) is 0 Å². The van der Waals surface area contributed by atoms with Crippen molar-refractivity contribution in [3.05, 3.63) is 30.1 Å². The van der Waals surface area contributed by atoms with Crippen LogP contribution in [0.3, 0.4) is 0 Å². The molecule has 0 bridgehead atoms. The second-order valence-corrected chi connectivity index (χ2v) is 3.68. The fraction of sp³-hybridized carbons (Fsp3) is 0.417. The van der Waals surface area contributed by atoms with Gasteiger partial charge in [-0.25, -0.2) is 9.18 Å². The number of urea groups is 1. The smallest absolute Gasteiger partial charge is 0.322 e. The average molecular weight is 255 g/mol. The van der Waals surface area contributed by atoms with Gasteiger partial charge in [-0.05, 0) is 12.1 Å². The Morgan fingerprint density at radius 2 is 2.17 bits per heavy atom. The Morgan fingerprint density at radius 3 is 2.78 bits per heavy atom. The zero-order chi connectivity index (χ0) is 13.4. The molecule has 0 heterocycles. The van der Waals surface area contributed by atoms with E-state index < -0.39 is 5.82 Å². The minimum atomic E-state index is -0.467. The van der Waals surface area contributed by atoms with Crippen molar-refractivity contribution >= 4 is 11.7 Å². The number of carbonyl (C=O) groups is 1. The van der Waals surface area contributed by atoms with Gasteiger partial charge in [0.1, 0.15) is 5.82 Å². The van der Waals surface area contributed by atoms with Crippen LogP contribution in [-0.4, -0.2) is 44.3 Å². The van der Waals surface area contributed by atoms with Gasteiger partial charge < -0.3 is 20.7 Å². The first-order valence-electron chi connectivity index (χ1n) is 5.68. The lowest BCUT2D eigenvalue weighted by molar-refractivity contribution is 0.156. The first kappa shape index (κ1) is 14.4. The summed E-state index contributed by atoms with van der Waals surface area (Å²) in [4.78, 5) is 13.4. The maximum atomic E-state index is 13.4. The van der Waals surface area contributed by atoms with Crippen molar-refractivity contribution in [1.29, 1.82) is 0 Å². The van der Waals surface area contributed by atoms with Crippen molar-refractivity contribution in [3.8, 4) is 0 Å². The normalized spacial score (nSPS) is 10.2. The summed E-state index contributed by atoms with van der Waals surface area (Å²) < 4.78 is 18.3. The van der Waals surface area contributed by atoms with E-state index in [1.165, 1.54) is 17.0 Å². The number of rotatable bonds is 6. The molecule has 0 aromatic heterocycles. The lowest BCUT2D eigenvalue weighted by Gasteiger charge is -2.22. The van der Waals surface area contributed by atoms with Crippen LogP contribution in [0, 0.1) is 5.82 Å². The van der Waals surface area contributed by atoms with E-state index in [4.69, 9.17) is 10.5 Å². The molecule has 0 radical (unpaired) electrons. The van der Waals surface area contributed by atoms with Gasteiger partial charge in [-0.2, -0.15) is 0 Å². The number of nitrogens with zero attached hydrogens (tertiary/aromatic N) is 1. The number of amides is 2. The molecule has 0 fully saturated rings. The van der Waals surface area contributed by atoms with Gasteiger partial charge in [0.05, 0.1) is 12.3 Å². The quantitative estimate of drug-likeness (QED) is 0.804. The van der Waals surface area contributed by atoms with E-state index in [0.29, 0.717) is 26.2 Å². The summed E-state index contributed by atoms with van der Waals surface area (Å²) in [7, 11) is 1.55. The summed E-state index contributed by atoms with van der Waals surface area (Å²) in [5.41, 5.74) is 5.58. The second-order valence-electron chi connectivity index (χ2n) is 3.68. The predicted molar refractivity (Wildman–Crippen MR) is 67.9 cm³/mol. The van der Waals surface area contributed by atoms with Crippen LogP contribution in [0.2, 0.25) is 0 Å². The van der Waals surface area contributed by atoms with Crippen molar-refractivity contribution in [2.24, 2.45) is 5.73 Å². The molecule has 5 nitrogen and oxygen atoms in total. The number of nitrogens with one attached hydrogen (secondary N) is 1. The largest absolute Gasteiger partial charge is 0.383 e. The summed E-state index contributed by atoms with van der Waals surface area (Å²) in [5, 5.41) is 2.50. The fourth-order valence-electron chi connectivity index (χ4n) is 1.43. The molecule has 0 aliphatic carbocycles. The van der Waals surface area contributed by atoms with Gasteiger partial charge in [-0.1, -0.05) is 12.1 Å². The maximum absolute atomic E-state index is 13.4. The third kappa shape index (κ3) is 4.31. The van der Waals surface area contributed by atoms with E-state index in [-0.39, 0.29) is 11.7 Å². The Kier molecular flexibility index (Phi) is 6.10. The molecule has 0 unspecified atom stereocenters. The highest BCUT2D eigenvalue weighted by Gasteiger charge is 2.13. The number of hydrogen-bond donors (Lipinski definition) is 2. The van der Waals surface area contributed by atoms with E-state index in [9.17, 15) is 9.18 Å². The third-order valence-electron chi connectivity index (χ3n) is 2.37. The highest BCUT2D eigenvalue weighted by atomic mass is 19.1. The Hall–Kier alpha value is -1.66. The number of hydrogen-bond acceptors (Lipinski definition) is 3. The second kappa shape index (κ2) is 7.62. The molecule has 0 saturated heterocycles. The Labute approximate surface area is 106 Å². The van der Waals surface area contributed by atoms with Crippen LogP contribution >= 0.6 is 0 Å². The lowest BCUT2D eigenvalue weighted by Crippen LogP contribution is -2.40. The molecular weight excluding hydrogens is 237 g/mol. The summed E-state index contributed by atoms with van der Waals surface area (Å²) in [6.07, 6.45) is 0. The standard InChI is InChI=1S/C12H18FN3O2/c1-18-9-8-16(7-6-14)12(17)15-11-5-3-2-4-10(11)13/h2-5H,6-9,14H2,1H3,(H,15,17). The fourth-order valence-corrected chi connectivity index (χ4v) is 1.43. The monoisotopic (exact) mass is 255 g/mol. The van der Waals surface area contributed by atoms with Crippen LogP contribution in [0.1, 0.15) is 0 Å². The molecule has 1 rings (SSSR count). The van der Waals surface area contributed by atoms with Gasteiger partial charge >= 0.3 is 6.03 Å². The summed E-state index contributed by atoms with van der Waals surface area (Å²) in [6.45, 7) is 1.55. The van der Waals surface area contributed by atoms with Gasteiger partial charge in [-0.3, -0.25) is 0 Å². The zero-order valence-corrected chi connectivity index (χ0v) is 10.4. The molecule has 0 aliphatic rings. The number of nitrogens with two attached hydrogens (primary N) is 1. The number of para-hydroxylation sites is 1. The van der Waals surface area contributed by atoms with E-state index in [0.717, 1.165) is 0 Å². The molecular formula is C12H18FN3O2. The minimum absolute atomic E-state index is 0.155. The Bertz CT molecular complexity index is 387. The number of anilines is 1. The van der Waals surface area contributed by atoms with Gasteiger partial charge in [0.2, 0.25) is 0 Å². The van der Waals surface area contributed by atoms with Crippen molar-refractivity contribution in [3.63, 3.8) is 0 Å². The molecule has 18 heavy (non-hydrogen) atoms. The van der Waals surface area contributed by atoms with E-state index in [1.807, 2.05) is 0 Å². The average Bonchev–Trinajstić information content (AvgIpc) is 2.37. The van der Waals surface area contributed by atoms with Gasteiger partial charge in [0, 0.05) is 26.7 Å².